The Balaban J connectivity index is 2.87. The number of methoxy groups -OCH3 is 1. The van der Waals surface area contributed by atoms with Crippen molar-refractivity contribution in [2.24, 2.45) is 0 Å². The number of hydrogen-bond acceptors (Lipinski definition) is 4. The molecule has 8 heteroatoms. The van der Waals surface area contributed by atoms with Crippen LogP contribution >= 0.6 is 0 Å². The summed E-state index contributed by atoms with van der Waals surface area (Å²) >= 11 is 0. The van der Waals surface area contributed by atoms with Crippen LogP contribution in [0.2, 0.25) is 0 Å². The molecule has 20 heavy (non-hydrogen) atoms. The molecule has 0 aromatic heterocycles. The minimum Gasteiger partial charge on any atom is -0.494 e. The average molecular weight is 305 g/mol. The van der Waals surface area contributed by atoms with Gasteiger partial charge in [-0.2, -0.15) is 0 Å². The summed E-state index contributed by atoms with van der Waals surface area (Å²) in [6.07, 6.45) is 0.0561. The highest BCUT2D eigenvalue weighted by atomic mass is 32.2. The van der Waals surface area contributed by atoms with Crippen molar-refractivity contribution in [1.29, 1.82) is 0 Å². The molecule has 0 bridgehead atoms. The molecule has 6 nitrogen and oxygen atoms in total. The van der Waals surface area contributed by atoms with Crippen LogP contribution in [-0.2, 0) is 14.8 Å². The molecule has 1 rings (SSSR count). The zero-order valence-corrected chi connectivity index (χ0v) is 12.0. The minimum atomic E-state index is -3.84. The van der Waals surface area contributed by atoms with E-state index in [1.807, 2.05) is 0 Å². The van der Waals surface area contributed by atoms with E-state index in [9.17, 15) is 17.6 Å². The Bertz CT molecular complexity index is 588. The second-order valence-electron chi connectivity index (χ2n) is 4.12. The molecule has 0 amide bonds. The van der Waals surface area contributed by atoms with E-state index in [1.165, 1.54) is 26.3 Å². The van der Waals surface area contributed by atoms with Crippen LogP contribution in [0.1, 0.15) is 12.8 Å². The Morgan fingerprint density at radius 2 is 2.10 bits per heavy atom. The van der Waals surface area contributed by atoms with E-state index in [4.69, 9.17) is 9.84 Å². The van der Waals surface area contributed by atoms with Gasteiger partial charge in [0.05, 0.1) is 12.0 Å². The second-order valence-corrected chi connectivity index (χ2v) is 6.17. The van der Waals surface area contributed by atoms with Crippen LogP contribution in [0.5, 0.6) is 5.75 Å². The smallest absolute Gasteiger partial charge is 0.303 e. The fourth-order valence-electron chi connectivity index (χ4n) is 1.56. The molecule has 1 aromatic rings. The lowest BCUT2D eigenvalue weighted by molar-refractivity contribution is -0.137. The molecule has 0 spiro atoms. The van der Waals surface area contributed by atoms with Gasteiger partial charge in [-0.1, -0.05) is 0 Å². The molecule has 0 aliphatic carbocycles. The zero-order chi connectivity index (χ0) is 15.3. The summed E-state index contributed by atoms with van der Waals surface area (Å²) < 4.78 is 43.5. The second kappa shape index (κ2) is 6.67. The van der Waals surface area contributed by atoms with Crippen molar-refractivity contribution in [3.8, 4) is 5.75 Å². The first-order chi connectivity index (χ1) is 9.28. The summed E-state index contributed by atoms with van der Waals surface area (Å²) in [6, 6.07) is 3.35. The van der Waals surface area contributed by atoms with Gasteiger partial charge in [-0.05, 0) is 24.6 Å². The van der Waals surface area contributed by atoms with Gasteiger partial charge in [0, 0.05) is 20.0 Å². The van der Waals surface area contributed by atoms with Gasteiger partial charge >= 0.3 is 5.97 Å². The number of sulfonamides is 1. The highest BCUT2D eigenvalue weighted by Gasteiger charge is 2.22. The Morgan fingerprint density at radius 3 is 2.60 bits per heavy atom. The largest absolute Gasteiger partial charge is 0.494 e. The van der Waals surface area contributed by atoms with Crippen LogP contribution in [0.3, 0.4) is 0 Å². The number of rotatable bonds is 7. The minimum absolute atomic E-state index is 0.0439. The summed E-state index contributed by atoms with van der Waals surface area (Å²) in [7, 11) is -1.24. The number of nitrogens with zero attached hydrogens (tertiary/aromatic N) is 1. The van der Waals surface area contributed by atoms with Crippen LogP contribution in [0.15, 0.2) is 23.1 Å². The number of benzene rings is 1. The van der Waals surface area contributed by atoms with Gasteiger partial charge in [0.15, 0.2) is 11.6 Å². The molecule has 0 heterocycles. The van der Waals surface area contributed by atoms with Crippen molar-refractivity contribution >= 4 is 16.0 Å². The number of carbonyl (C=O) groups is 1. The molecule has 0 aliphatic heterocycles. The quantitative estimate of drug-likeness (QED) is 0.821. The number of halogens is 1. The van der Waals surface area contributed by atoms with Crippen molar-refractivity contribution in [2.45, 2.75) is 17.7 Å². The molecule has 112 valence electrons. The zero-order valence-electron chi connectivity index (χ0n) is 11.2. The van der Waals surface area contributed by atoms with Crippen LogP contribution in [0.25, 0.3) is 0 Å². The fraction of sp³-hybridized carbons (Fsp3) is 0.417. The van der Waals surface area contributed by atoms with Gasteiger partial charge < -0.3 is 9.84 Å². The van der Waals surface area contributed by atoms with Gasteiger partial charge in [0.25, 0.3) is 0 Å². The molecule has 0 saturated heterocycles. The van der Waals surface area contributed by atoms with Gasteiger partial charge in [0.1, 0.15) is 0 Å². The number of carboxylic acids is 1. The fourth-order valence-corrected chi connectivity index (χ4v) is 2.78. The topological polar surface area (TPSA) is 83.9 Å². The van der Waals surface area contributed by atoms with Crippen LogP contribution in [-0.4, -0.2) is 44.5 Å². The summed E-state index contributed by atoms with van der Waals surface area (Å²) in [4.78, 5) is 10.2. The summed E-state index contributed by atoms with van der Waals surface area (Å²) in [5.41, 5.74) is 0. The molecular formula is C12H16FNO5S. The van der Waals surface area contributed by atoms with Crippen molar-refractivity contribution < 1.29 is 27.4 Å². The highest BCUT2D eigenvalue weighted by Crippen LogP contribution is 2.22. The monoisotopic (exact) mass is 305 g/mol. The Hall–Kier alpha value is -1.67. The summed E-state index contributed by atoms with van der Waals surface area (Å²) in [5, 5.41) is 8.51. The first-order valence-electron chi connectivity index (χ1n) is 5.80. The standard InChI is InChI=1S/C12H16FNO5S/c1-14(7-3-4-12(15)16)20(17,18)9-5-6-11(19-2)10(13)8-9/h5-6,8H,3-4,7H2,1-2H3,(H,15,16). The van der Waals surface area contributed by atoms with Crippen LogP contribution in [0.4, 0.5) is 4.39 Å². The maximum absolute atomic E-state index is 13.5. The maximum Gasteiger partial charge on any atom is 0.303 e. The molecule has 0 unspecified atom stereocenters. The van der Waals surface area contributed by atoms with Gasteiger partial charge in [-0.3, -0.25) is 4.79 Å². The molecule has 0 saturated carbocycles. The van der Waals surface area contributed by atoms with E-state index in [1.54, 1.807) is 0 Å². The number of aliphatic carboxylic acids is 1. The third-order valence-corrected chi connectivity index (χ3v) is 4.55. The van der Waals surface area contributed by atoms with E-state index >= 15 is 0 Å². The lowest BCUT2D eigenvalue weighted by Gasteiger charge is -2.17. The molecular weight excluding hydrogens is 289 g/mol. The molecule has 0 atom stereocenters. The first-order valence-corrected chi connectivity index (χ1v) is 7.24. The molecule has 1 aromatic carbocycles. The molecule has 0 fully saturated rings. The van der Waals surface area contributed by atoms with Gasteiger partial charge in [-0.25, -0.2) is 17.1 Å². The molecule has 1 N–H and O–H groups in total. The average Bonchev–Trinajstić information content (AvgIpc) is 2.37. The summed E-state index contributed by atoms with van der Waals surface area (Å²) in [5.74, 6) is -1.81. The van der Waals surface area contributed by atoms with Crippen LogP contribution < -0.4 is 4.74 Å². The SMILES string of the molecule is COc1ccc(S(=O)(=O)N(C)CCCC(=O)O)cc1F. The van der Waals surface area contributed by atoms with Crippen molar-refractivity contribution in [3.05, 3.63) is 24.0 Å². The predicted octanol–water partition coefficient (Wildman–Crippen LogP) is 1.32. The van der Waals surface area contributed by atoms with Gasteiger partial charge in [0.2, 0.25) is 10.0 Å². The first kappa shape index (κ1) is 16.4. The van der Waals surface area contributed by atoms with E-state index in [0.29, 0.717) is 0 Å². The van der Waals surface area contributed by atoms with Crippen molar-refractivity contribution in [3.63, 3.8) is 0 Å². The molecule has 0 radical (unpaired) electrons. The Morgan fingerprint density at radius 1 is 1.45 bits per heavy atom. The van der Waals surface area contributed by atoms with E-state index < -0.39 is 21.8 Å². The third-order valence-electron chi connectivity index (χ3n) is 2.70. The number of ether oxygens (including phenoxy) is 1. The van der Waals surface area contributed by atoms with Gasteiger partial charge in [-0.15, -0.1) is 0 Å². The lowest BCUT2D eigenvalue weighted by atomic mass is 10.3. The van der Waals surface area contributed by atoms with E-state index in [2.05, 4.69) is 0 Å². The number of carboxylic acid groups (broad SMARTS) is 1. The van der Waals surface area contributed by atoms with Crippen LogP contribution in [0, 0.1) is 5.82 Å². The van der Waals surface area contributed by atoms with Crippen molar-refractivity contribution in [2.75, 3.05) is 20.7 Å². The lowest BCUT2D eigenvalue weighted by Crippen LogP contribution is -2.28. The van der Waals surface area contributed by atoms with E-state index in [-0.39, 0.29) is 30.0 Å². The predicted molar refractivity (Wildman–Crippen MR) is 69.6 cm³/mol. The normalized spacial score (nSPS) is 11.6. The Kier molecular flexibility index (Phi) is 5.46. The number of hydrogen-bond donors (Lipinski definition) is 1. The summed E-state index contributed by atoms with van der Waals surface area (Å²) in [6.45, 7) is 0.0439. The highest BCUT2D eigenvalue weighted by molar-refractivity contribution is 7.89. The molecule has 0 aliphatic rings. The Labute approximate surface area is 116 Å². The van der Waals surface area contributed by atoms with E-state index in [0.717, 1.165) is 10.4 Å². The van der Waals surface area contributed by atoms with Crippen molar-refractivity contribution in [1.82, 2.24) is 4.31 Å². The third kappa shape index (κ3) is 3.91. The maximum atomic E-state index is 13.5.